The number of carbonyl (C=O) groups excluding carboxylic acids is 2. The van der Waals surface area contributed by atoms with Crippen molar-refractivity contribution in [3.05, 3.63) is 29.6 Å². The summed E-state index contributed by atoms with van der Waals surface area (Å²) in [6, 6.07) is 3.90. The maximum absolute atomic E-state index is 13.3. The van der Waals surface area contributed by atoms with Crippen LogP contribution in [0, 0.1) is 5.82 Å². The molecule has 0 aliphatic rings. The van der Waals surface area contributed by atoms with Gasteiger partial charge in [0, 0.05) is 12.3 Å². The van der Waals surface area contributed by atoms with Crippen molar-refractivity contribution in [3.63, 3.8) is 0 Å². The fourth-order valence-electron chi connectivity index (χ4n) is 1.25. The van der Waals surface area contributed by atoms with E-state index in [2.05, 4.69) is 0 Å². The normalized spacial score (nSPS) is 10.0. The van der Waals surface area contributed by atoms with Gasteiger partial charge in [-0.2, -0.15) is 0 Å². The van der Waals surface area contributed by atoms with Crippen molar-refractivity contribution in [1.29, 1.82) is 0 Å². The molecule has 1 aromatic carbocycles. The van der Waals surface area contributed by atoms with E-state index >= 15 is 0 Å². The lowest BCUT2D eigenvalue weighted by atomic mass is 10.2. The maximum Gasteiger partial charge on any atom is 0.311 e. The summed E-state index contributed by atoms with van der Waals surface area (Å²) in [5.41, 5.74) is 0.0238. The Kier molecular flexibility index (Phi) is 5.63. The summed E-state index contributed by atoms with van der Waals surface area (Å²) in [6.45, 7) is 0. The number of benzene rings is 1. The fraction of sp³-hybridized carbons (Fsp3) is 0.333. The number of halogens is 2. The first kappa shape index (κ1) is 13.6. The van der Waals surface area contributed by atoms with Crippen molar-refractivity contribution in [3.8, 4) is 5.75 Å². The molecule has 0 N–H and O–H groups in total. The van der Waals surface area contributed by atoms with E-state index in [4.69, 9.17) is 16.3 Å². The van der Waals surface area contributed by atoms with Crippen LogP contribution in [-0.4, -0.2) is 18.1 Å². The number of ether oxygens (including phenoxy) is 1. The van der Waals surface area contributed by atoms with Gasteiger partial charge in [0.05, 0.1) is 5.56 Å². The lowest BCUT2D eigenvalue weighted by Gasteiger charge is -2.07. The monoisotopic (exact) mass is 258 g/mol. The zero-order chi connectivity index (χ0) is 12.7. The summed E-state index contributed by atoms with van der Waals surface area (Å²) in [5, 5.41) is 0. The van der Waals surface area contributed by atoms with Crippen LogP contribution in [0.25, 0.3) is 0 Å². The molecule has 0 radical (unpaired) electrons. The van der Waals surface area contributed by atoms with E-state index in [9.17, 15) is 14.0 Å². The molecular formula is C12H12ClFO3. The van der Waals surface area contributed by atoms with Crippen LogP contribution in [0.3, 0.4) is 0 Å². The Balaban J connectivity index is 2.67. The molecule has 0 bridgehead atoms. The molecule has 0 fully saturated rings. The molecule has 0 aromatic heterocycles. The molecule has 3 nitrogen and oxygen atoms in total. The second-order valence-electron chi connectivity index (χ2n) is 3.40. The highest BCUT2D eigenvalue weighted by atomic mass is 35.5. The lowest BCUT2D eigenvalue weighted by Crippen LogP contribution is -2.10. The Morgan fingerprint density at radius 3 is 2.82 bits per heavy atom. The average Bonchev–Trinajstić information content (AvgIpc) is 2.32. The quantitative estimate of drug-likeness (QED) is 0.259. The second-order valence-corrected chi connectivity index (χ2v) is 3.77. The molecule has 92 valence electrons. The number of unbranched alkanes of at least 4 members (excludes halogenated alkanes) is 1. The Labute approximate surface area is 104 Å². The van der Waals surface area contributed by atoms with Gasteiger partial charge in [-0.05, 0) is 25.0 Å². The number of hydrogen-bond acceptors (Lipinski definition) is 3. The van der Waals surface area contributed by atoms with Crippen LogP contribution >= 0.6 is 11.6 Å². The Morgan fingerprint density at radius 1 is 1.41 bits per heavy atom. The Bertz CT molecular complexity index is 407. The molecule has 1 rings (SSSR count). The highest BCUT2D eigenvalue weighted by Crippen LogP contribution is 2.21. The van der Waals surface area contributed by atoms with Crippen molar-refractivity contribution in [2.45, 2.75) is 19.3 Å². The highest BCUT2D eigenvalue weighted by molar-refractivity contribution is 6.17. The minimum absolute atomic E-state index is 0.0238. The van der Waals surface area contributed by atoms with Gasteiger partial charge < -0.3 is 4.74 Å². The predicted molar refractivity (Wildman–Crippen MR) is 62.0 cm³/mol. The van der Waals surface area contributed by atoms with Crippen LogP contribution in [0.2, 0.25) is 0 Å². The van der Waals surface area contributed by atoms with Gasteiger partial charge in [0.2, 0.25) is 0 Å². The van der Waals surface area contributed by atoms with E-state index < -0.39 is 11.8 Å². The van der Waals surface area contributed by atoms with Gasteiger partial charge in [-0.25, -0.2) is 4.39 Å². The summed E-state index contributed by atoms with van der Waals surface area (Å²) in [6.07, 6.45) is 1.87. The summed E-state index contributed by atoms with van der Waals surface area (Å²) < 4.78 is 18.2. The molecule has 0 aliphatic carbocycles. The molecule has 0 saturated carbocycles. The Morgan fingerprint density at radius 2 is 2.18 bits per heavy atom. The van der Waals surface area contributed by atoms with E-state index in [0.717, 1.165) is 6.07 Å². The molecule has 0 saturated heterocycles. The topological polar surface area (TPSA) is 43.4 Å². The smallest absolute Gasteiger partial charge is 0.311 e. The van der Waals surface area contributed by atoms with E-state index in [1.54, 1.807) is 0 Å². The van der Waals surface area contributed by atoms with Crippen molar-refractivity contribution < 1.29 is 18.7 Å². The summed E-state index contributed by atoms with van der Waals surface area (Å²) in [7, 11) is 0. The molecular weight excluding hydrogens is 247 g/mol. The molecule has 0 aliphatic heterocycles. The zero-order valence-corrected chi connectivity index (χ0v) is 9.87. The SMILES string of the molecule is O=Cc1cccc(F)c1OC(=O)CCCCCl. The van der Waals surface area contributed by atoms with Gasteiger partial charge in [0.15, 0.2) is 17.9 Å². The third-order valence-corrected chi connectivity index (χ3v) is 2.37. The standard InChI is InChI=1S/C12H12ClFO3/c13-7-2-1-6-11(16)17-12-9(8-15)4-3-5-10(12)14/h3-5,8H,1-2,6-7H2. The number of carbonyl (C=O) groups is 2. The van der Waals surface area contributed by atoms with Gasteiger partial charge in [-0.3, -0.25) is 9.59 Å². The van der Waals surface area contributed by atoms with Gasteiger partial charge in [0.1, 0.15) is 0 Å². The van der Waals surface area contributed by atoms with Gasteiger partial charge in [-0.1, -0.05) is 6.07 Å². The molecule has 0 atom stereocenters. The van der Waals surface area contributed by atoms with Crippen molar-refractivity contribution in [2.24, 2.45) is 0 Å². The largest absolute Gasteiger partial charge is 0.423 e. The minimum Gasteiger partial charge on any atom is -0.423 e. The number of aldehydes is 1. The first-order chi connectivity index (χ1) is 8.19. The third kappa shape index (κ3) is 4.15. The van der Waals surface area contributed by atoms with Gasteiger partial charge in [-0.15, -0.1) is 11.6 Å². The summed E-state index contributed by atoms with van der Waals surface area (Å²) in [4.78, 5) is 22.0. The number of hydrogen-bond donors (Lipinski definition) is 0. The molecule has 0 heterocycles. The second kappa shape index (κ2) is 7.01. The van der Waals surface area contributed by atoms with Gasteiger partial charge in [0.25, 0.3) is 0 Å². The first-order valence-electron chi connectivity index (χ1n) is 5.19. The van der Waals surface area contributed by atoms with E-state index in [1.165, 1.54) is 12.1 Å². The number of alkyl halides is 1. The molecule has 17 heavy (non-hydrogen) atoms. The molecule has 1 aromatic rings. The predicted octanol–water partition coefficient (Wildman–Crippen LogP) is 2.95. The minimum atomic E-state index is -0.722. The maximum atomic E-state index is 13.3. The molecule has 0 unspecified atom stereocenters. The molecule has 0 spiro atoms. The zero-order valence-electron chi connectivity index (χ0n) is 9.12. The van der Waals surface area contributed by atoms with Crippen LogP contribution in [-0.2, 0) is 4.79 Å². The van der Waals surface area contributed by atoms with Crippen LogP contribution in [0.5, 0.6) is 5.75 Å². The van der Waals surface area contributed by atoms with Crippen LogP contribution in [0.15, 0.2) is 18.2 Å². The van der Waals surface area contributed by atoms with Crippen LogP contribution in [0.1, 0.15) is 29.6 Å². The first-order valence-corrected chi connectivity index (χ1v) is 5.73. The van der Waals surface area contributed by atoms with Crippen LogP contribution in [0.4, 0.5) is 4.39 Å². The molecule has 0 amide bonds. The summed E-state index contributed by atoms with van der Waals surface area (Å²) in [5.74, 6) is -1.13. The van der Waals surface area contributed by atoms with E-state index in [0.29, 0.717) is 25.0 Å². The third-order valence-electron chi connectivity index (χ3n) is 2.10. The fourth-order valence-corrected chi connectivity index (χ4v) is 1.44. The number of para-hydroxylation sites is 1. The van der Waals surface area contributed by atoms with Crippen molar-refractivity contribution in [1.82, 2.24) is 0 Å². The van der Waals surface area contributed by atoms with Crippen molar-refractivity contribution in [2.75, 3.05) is 5.88 Å². The van der Waals surface area contributed by atoms with Gasteiger partial charge >= 0.3 is 5.97 Å². The number of rotatable bonds is 6. The van der Waals surface area contributed by atoms with Crippen LogP contribution < -0.4 is 4.74 Å². The molecule has 5 heteroatoms. The number of esters is 1. The van der Waals surface area contributed by atoms with E-state index in [-0.39, 0.29) is 17.7 Å². The van der Waals surface area contributed by atoms with E-state index in [1.807, 2.05) is 0 Å². The van der Waals surface area contributed by atoms with Crippen molar-refractivity contribution >= 4 is 23.9 Å². The summed E-state index contributed by atoms with van der Waals surface area (Å²) >= 11 is 5.46. The average molecular weight is 259 g/mol. The Hall–Kier alpha value is -1.42. The highest BCUT2D eigenvalue weighted by Gasteiger charge is 2.13. The lowest BCUT2D eigenvalue weighted by molar-refractivity contribution is -0.134.